The maximum absolute atomic E-state index is 13.4. The molecule has 0 atom stereocenters. The van der Waals surface area contributed by atoms with Gasteiger partial charge in [-0.05, 0) is 24.3 Å². The fourth-order valence-electron chi connectivity index (χ4n) is 2.66. The second-order valence-electron chi connectivity index (χ2n) is 7.09. The van der Waals surface area contributed by atoms with Crippen molar-refractivity contribution in [3.63, 3.8) is 0 Å². The first-order chi connectivity index (χ1) is 15.0. The van der Waals surface area contributed by atoms with Gasteiger partial charge in [-0.1, -0.05) is 48.4 Å². The van der Waals surface area contributed by atoms with Gasteiger partial charge >= 0.3 is 11.8 Å². The number of hydrogen-bond acceptors (Lipinski definition) is 5. The molecule has 0 saturated heterocycles. The molecule has 0 unspecified atom stereocenters. The Labute approximate surface area is 192 Å². The third-order valence-corrected chi connectivity index (χ3v) is 5.72. The third-order valence-electron chi connectivity index (χ3n) is 4.52. The molecular weight excluding hydrogens is 466 g/mol. The van der Waals surface area contributed by atoms with E-state index in [9.17, 15) is 17.6 Å². The molecule has 0 N–H and O–H groups in total. The zero-order valence-corrected chi connectivity index (χ0v) is 19.1. The minimum Gasteiger partial charge on any atom is -0.470 e. The topological polar surface area (TPSA) is 47.9 Å². The van der Waals surface area contributed by atoms with Crippen molar-refractivity contribution in [2.75, 3.05) is 12.4 Å². The first-order valence-corrected chi connectivity index (χ1v) is 11.0. The molecule has 0 aliphatic heterocycles. The van der Waals surface area contributed by atoms with Gasteiger partial charge < -0.3 is 4.74 Å². The largest absolute Gasteiger partial charge is 0.470 e. The van der Waals surface area contributed by atoms with Crippen molar-refractivity contribution >= 4 is 23.4 Å². The molecule has 0 bridgehead atoms. The molecule has 3 aromatic rings. The van der Waals surface area contributed by atoms with Crippen molar-refractivity contribution in [3.05, 3.63) is 53.4 Å². The third kappa shape index (κ3) is 5.50. The van der Waals surface area contributed by atoms with Crippen LogP contribution in [-0.4, -0.2) is 39.2 Å². The van der Waals surface area contributed by atoms with E-state index in [0.717, 1.165) is 33.5 Å². The van der Waals surface area contributed by atoms with Crippen molar-refractivity contribution in [2.45, 2.75) is 37.5 Å². The van der Waals surface area contributed by atoms with Gasteiger partial charge in [0.2, 0.25) is 5.88 Å². The number of aromatic nitrogens is 3. The van der Waals surface area contributed by atoms with E-state index in [1.54, 1.807) is 0 Å². The summed E-state index contributed by atoms with van der Waals surface area (Å²) in [7, 11) is 0. The summed E-state index contributed by atoms with van der Waals surface area (Å²) in [5.74, 6) is -8.09. The normalized spacial score (nSPS) is 12.1. The molecule has 32 heavy (non-hydrogen) atoms. The molecule has 0 saturated carbocycles. The average Bonchev–Trinajstić information content (AvgIpc) is 2.74. The molecule has 4 nitrogen and oxygen atoms in total. The van der Waals surface area contributed by atoms with Gasteiger partial charge in [0.1, 0.15) is 16.5 Å². The number of nitrogens with zero attached hydrogens (tertiary/aromatic N) is 3. The summed E-state index contributed by atoms with van der Waals surface area (Å²) in [6.07, 6.45) is 2.37. The van der Waals surface area contributed by atoms with Gasteiger partial charge in [-0.3, -0.25) is 0 Å². The molecule has 2 heterocycles. The number of ether oxygens (including phenoxy) is 1. The van der Waals surface area contributed by atoms with Crippen LogP contribution in [0.15, 0.2) is 47.6 Å². The van der Waals surface area contributed by atoms with Crippen LogP contribution in [0.25, 0.3) is 22.5 Å². The van der Waals surface area contributed by atoms with Gasteiger partial charge in [-0.2, -0.15) is 8.78 Å². The van der Waals surface area contributed by atoms with Gasteiger partial charge in [0, 0.05) is 17.4 Å². The fraction of sp³-hybridized carbons (Fsp3) is 0.318. The van der Waals surface area contributed by atoms with E-state index in [4.69, 9.17) is 16.3 Å². The second kappa shape index (κ2) is 9.62. The predicted octanol–water partition coefficient (Wildman–Crippen LogP) is 6.95. The summed E-state index contributed by atoms with van der Waals surface area (Å²) in [6, 6.07) is 9.79. The Morgan fingerprint density at radius 2 is 1.75 bits per heavy atom. The highest BCUT2D eigenvalue weighted by molar-refractivity contribution is 7.99. The van der Waals surface area contributed by atoms with E-state index in [1.165, 1.54) is 18.0 Å². The highest BCUT2D eigenvalue weighted by Gasteiger charge is 2.53. The number of benzene rings is 1. The number of aryl methyl sites for hydroxylation is 1. The van der Waals surface area contributed by atoms with Crippen LogP contribution >= 0.6 is 23.4 Å². The molecule has 1 aromatic carbocycles. The van der Waals surface area contributed by atoms with Crippen LogP contribution in [0.1, 0.15) is 19.4 Å². The second-order valence-corrected chi connectivity index (χ2v) is 8.76. The molecule has 2 aromatic heterocycles. The monoisotopic (exact) mass is 485 g/mol. The Morgan fingerprint density at radius 1 is 1.06 bits per heavy atom. The van der Waals surface area contributed by atoms with Crippen LogP contribution in [-0.2, 0) is 0 Å². The van der Waals surface area contributed by atoms with Gasteiger partial charge in [-0.25, -0.2) is 23.7 Å². The zero-order valence-electron chi connectivity index (χ0n) is 17.5. The van der Waals surface area contributed by atoms with Gasteiger partial charge in [-0.15, -0.1) is 11.8 Å². The highest BCUT2D eigenvalue weighted by atomic mass is 35.5. The summed E-state index contributed by atoms with van der Waals surface area (Å²) >= 11 is 7.99. The van der Waals surface area contributed by atoms with Crippen LogP contribution in [0.4, 0.5) is 17.6 Å². The molecule has 10 heteroatoms. The molecule has 0 radical (unpaired) electrons. The van der Waals surface area contributed by atoms with Gasteiger partial charge in [0.25, 0.3) is 0 Å². The first kappa shape index (κ1) is 24.3. The Balaban J connectivity index is 1.88. The van der Waals surface area contributed by atoms with Crippen LogP contribution in [0.2, 0.25) is 5.15 Å². The molecule has 0 fully saturated rings. The average molecular weight is 486 g/mol. The smallest absolute Gasteiger partial charge is 0.342 e. The summed E-state index contributed by atoms with van der Waals surface area (Å²) in [6.45, 7) is 2.59. The quantitative estimate of drug-likeness (QED) is 0.196. The molecule has 0 aliphatic carbocycles. The van der Waals surface area contributed by atoms with Crippen molar-refractivity contribution in [1.82, 2.24) is 15.0 Å². The number of pyridine rings is 1. The summed E-state index contributed by atoms with van der Waals surface area (Å²) < 4.78 is 57.4. The lowest BCUT2D eigenvalue weighted by Crippen LogP contribution is -2.42. The number of halogens is 5. The van der Waals surface area contributed by atoms with Gasteiger partial charge in [0.15, 0.2) is 6.61 Å². The summed E-state index contributed by atoms with van der Waals surface area (Å²) in [4.78, 5) is 13.4. The summed E-state index contributed by atoms with van der Waals surface area (Å²) in [5, 5.41) is 0.274. The molecule has 0 spiro atoms. The standard InChI is InChI=1S/C22H20ClF4N3OS/c1-4-32-17-9-15(14-7-5-13(2)6-8-14)20(23)30-19(17)16-10-29-18(11-28-16)31-12-22(26,27)21(3,24)25/h5-11H,4,12H2,1-3H3. The number of hydrogen-bond donors (Lipinski definition) is 0. The van der Waals surface area contributed by atoms with Crippen molar-refractivity contribution in [2.24, 2.45) is 0 Å². The molecule has 0 aliphatic rings. The summed E-state index contributed by atoms with van der Waals surface area (Å²) in [5.41, 5.74) is 3.62. The Bertz CT molecular complexity index is 1070. The van der Waals surface area contributed by atoms with E-state index < -0.39 is 18.5 Å². The van der Waals surface area contributed by atoms with Gasteiger partial charge in [0.05, 0.1) is 12.4 Å². The van der Waals surface area contributed by atoms with Crippen LogP contribution in [0, 0.1) is 6.92 Å². The van der Waals surface area contributed by atoms with E-state index >= 15 is 0 Å². The maximum Gasteiger partial charge on any atom is 0.342 e. The van der Waals surface area contributed by atoms with Crippen LogP contribution in [0.5, 0.6) is 5.88 Å². The fourth-order valence-corrected chi connectivity index (χ4v) is 3.71. The molecule has 0 amide bonds. The van der Waals surface area contributed by atoms with E-state index in [0.29, 0.717) is 11.4 Å². The van der Waals surface area contributed by atoms with E-state index in [1.807, 2.05) is 44.2 Å². The van der Waals surface area contributed by atoms with E-state index in [2.05, 4.69) is 15.0 Å². The predicted molar refractivity (Wildman–Crippen MR) is 118 cm³/mol. The minimum absolute atomic E-state index is 0.133. The Hall–Kier alpha value is -2.39. The number of alkyl halides is 4. The SMILES string of the molecule is CCSc1cc(-c2ccc(C)cc2)c(Cl)nc1-c1cnc(OCC(F)(F)C(C)(F)F)cn1. The minimum atomic E-state index is -4.33. The number of rotatable bonds is 8. The molecule has 170 valence electrons. The van der Waals surface area contributed by atoms with Crippen molar-refractivity contribution in [1.29, 1.82) is 0 Å². The number of thioether (sulfide) groups is 1. The highest BCUT2D eigenvalue weighted by Crippen LogP contribution is 2.37. The lowest BCUT2D eigenvalue weighted by molar-refractivity contribution is -0.211. The zero-order chi connectivity index (χ0) is 23.5. The molecule has 3 rings (SSSR count). The van der Waals surface area contributed by atoms with Crippen molar-refractivity contribution in [3.8, 4) is 28.4 Å². The van der Waals surface area contributed by atoms with Crippen LogP contribution in [0.3, 0.4) is 0 Å². The first-order valence-electron chi connectivity index (χ1n) is 9.63. The Kier molecular flexibility index (Phi) is 7.29. The van der Waals surface area contributed by atoms with Crippen molar-refractivity contribution < 1.29 is 22.3 Å². The lowest BCUT2D eigenvalue weighted by atomic mass is 10.1. The van der Waals surface area contributed by atoms with E-state index in [-0.39, 0.29) is 18.0 Å². The maximum atomic E-state index is 13.4. The molecular formula is C22H20ClF4N3OS. The van der Waals surface area contributed by atoms with Crippen LogP contribution < -0.4 is 4.74 Å². The lowest BCUT2D eigenvalue weighted by Gasteiger charge is -2.22. The Morgan fingerprint density at radius 3 is 2.31 bits per heavy atom.